The fourth-order valence-electron chi connectivity index (χ4n) is 1.85. The number of thiophene rings is 1. The van der Waals surface area contributed by atoms with Crippen LogP contribution in [0.3, 0.4) is 0 Å². The van der Waals surface area contributed by atoms with Crippen LogP contribution in [0.4, 0.5) is 4.79 Å². The van der Waals surface area contributed by atoms with Gasteiger partial charge in [0.2, 0.25) is 0 Å². The Kier molecular flexibility index (Phi) is 5.38. The van der Waals surface area contributed by atoms with Crippen LogP contribution < -0.4 is 5.32 Å². The second kappa shape index (κ2) is 7.50. The van der Waals surface area contributed by atoms with Gasteiger partial charge in [0.15, 0.2) is 0 Å². The number of urea groups is 1. The van der Waals surface area contributed by atoms with Crippen molar-refractivity contribution in [2.45, 2.75) is 13.1 Å². The fourth-order valence-corrected chi connectivity index (χ4v) is 2.57. The van der Waals surface area contributed by atoms with E-state index in [-0.39, 0.29) is 6.03 Å². The van der Waals surface area contributed by atoms with Gasteiger partial charge in [-0.3, -0.25) is 0 Å². The van der Waals surface area contributed by atoms with E-state index in [0.29, 0.717) is 19.6 Å². The van der Waals surface area contributed by atoms with Crippen LogP contribution in [-0.4, -0.2) is 17.5 Å². The molecule has 0 aliphatic carbocycles. The van der Waals surface area contributed by atoms with Gasteiger partial charge >= 0.3 is 6.03 Å². The Morgan fingerprint density at radius 2 is 2.05 bits per heavy atom. The number of nitrogens with zero attached hydrogens (tertiary/aromatic N) is 1. The van der Waals surface area contributed by atoms with Crippen LogP contribution in [0.2, 0.25) is 0 Å². The molecule has 0 atom stereocenters. The summed E-state index contributed by atoms with van der Waals surface area (Å²) in [5.41, 5.74) is 1.09. The molecule has 0 radical (unpaired) electrons. The third-order valence-corrected chi connectivity index (χ3v) is 3.71. The number of benzene rings is 1. The van der Waals surface area contributed by atoms with Crippen molar-refractivity contribution in [3.63, 3.8) is 0 Å². The molecule has 20 heavy (non-hydrogen) atoms. The number of carbonyl (C=O) groups is 1. The Morgan fingerprint density at radius 1 is 1.25 bits per heavy atom. The van der Waals surface area contributed by atoms with E-state index >= 15 is 0 Å². The van der Waals surface area contributed by atoms with Gasteiger partial charge in [0, 0.05) is 18.0 Å². The van der Waals surface area contributed by atoms with Crippen molar-refractivity contribution in [2.75, 3.05) is 6.54 Å². The van der Waals surface area contributed by atoms with Crippen molar-refractivity contribution in [2.24, 2.45) is 0 Å². The molecule has 1 aromatic heterocycles. The lowest BCUT2D eigenvalue weighted by Crippen LogP contribution is -2.39. The van der Waals surface area contributed by atoms with Gasteiger partial charge in [0.25, 0.3) is 0 Å². The fraction of sp³-hybridized carbons (Fsp3) is 0.188. The summed E-state index contributed by atoms with van der Waals surface area (Å²) in [6.45, 7) is 5.41. The van der Waals surface area contributed by atoms with Crippen molar-refractivity contribution >= 4 is 17.4 Å². The van der Waals surface area contributed by atoms with Crippen LogP contribution in [0.25, 0.3) is 0 Å². The highest BCUT2D eigenvalue weighted by atomic mass is 32.1. The van der Waals surface area contributed by atoms with Gasteiger partial charge in [0.1, 0.15) is 0 Å². The minimum Gasteiger partial charge on any atom is -0.334 e. The van der Waals surface area contributed by atoms with E-state index in [1.165, 1.54) is 4.88 Å². The number of nitrogens with one attached hydrogen (secondary N) is 1. The molecule has 2 aromatic rings. The van der Waals surface area contributed by atoms with Gasteiger partial charge < -0.3 is 10.2 Å². The van der Waals surface area contributed by atoms with Gasteiger partial charge in [-0.25, -0.2) is 4.79 Å². The second-order valence-electron chi connectivity index (χ2n) is 4.39. The number of hydrogen-bond donors (Lipinski definition) is 1. The van der Waals surface area contributed by atoms with Gasteiger partial charge in [-0.1, -0.05) is 42.5 Å². The van der Waals surface area contributed by atoms with Crippen molar-refractivity contribution in [3.05, 3.63) is 70.9 Å². The van der Waals surface area contributed by atoms with E-state index in [0.717, 1.165) is 5.56 Å². The lowest BCUT2D eigenvalue weighted by atomic mass is 10.2. The third kappa shape index (κ3) is 4.24. The molecule has 0 saturated heterocycles. The molecule has 0 aliphatic rings. The molecule has 3 nitrogen and oxygen atoms in total. The summed E-state index contributed by atoms with van der Waals surface area (Å²) < 4.78 is 0. The van der Waals surface area contributed by atoms with Gasteiger partial charge in [-0.2, -0.15) is 0 Å². The first-order chi connectivity index (χ1) is 9.79. The molecule has 0 unspecified atom stereocenters. The highest BCUT2D eigenvalue weighted by molar-refractivity contribution is 7.09. The zero-order chi connectivity index (χ0) is 14.2. The topological polar surface area (TPSA) is 32.3 Å². The summed E-state index contributed by atoms with van der Waals surface area (Å²) in [5.74, 6) is 0. The van der Waals surface area contributed by atoms with Gasteiger partial charge in [-0.05, 0) is 17.0 Å². The average molecular weight is 286 g/mol. The Morgan fingerprint density at radius 3 is 2.70 bits per heavy atom. The van der Waals surface area contributed by atoms with E-state index < -0.39 is 0 Å². The van der Waals surface area contributed by atoms with Crippen LogP contribution in [0.15, 0.2) is 60.5 Å². The maximum atomic E-state index is 12.2. The van der Waals surface area contributed by atoms with E-state index in [4.69, 9.17) is 0 Å². The number of rotatable bonds is 6. The lowest BCUT2D eigenvalue weighted by Gasteiger charge is -2.21. The van der Waals surface area contributed by atoms with Gasteiger partial charge in [-0.15, -0.1) is 17.9 Å². The largest absolute Gasteiger partial charge is 0.334 e. The van der Waals surface area contributed by atoms with E-state index in [2.05, 4.69) is 11.9 Å². The Bertz CT molecular complexity index is 537. The highest BCUT2D eigenvalue weighted by Gasteiger charge is 2.12. The monoisotopic (exact) mass is 286 g/mol. The molecule has 0 aliphatic heterocycles. The first kappa shape index (κ1) is 14.3. The highest BCUT2D eigenvalue weighted by Crippen LogP contribution is 2.12. The third-order valence-electron chi connectivity index (χ3n) is 2.85. The van der Waals surface area contributed by atoms with Crippen LogP contribution >= 0.6 is 11.3 Å². The normalized spacial score (nSPS) is 10.0. The number of hydrogen-bond acceptors (Lipinski definition) is 2. The molecule has 0 bridgehead atoms. The van der Waals surface area contributed by atoms with Crippen molar-refractivity contribution in [1.82, 2.24) is 10.2 Å². The summed E-state index contributed by atoms with van der Waals surface area (Å²) in [6.07, 6.45) is 1.75. The summed E-state index contributed by atoms with van der Waals surface area (Å²) in [5, 5.41) is 4.96. The smallest absolute Gasteiger partial charge is 0.318 e. The minimum atomic E-state index is -0.0675. The van der Waals surface area contributed by atoms with Crippen LogP contribution in [0, 0.1) is 0 Å². The molecule has 2 rings (SSSR count). The molecule has 0 fully saturated rings. The summed E-state index contributed by atoms with van der Waals surface area (Å²) in [4.78, 5) is 15.1. The van der Waals surface area contributed by atoms with Gasteiger partial charge in [0.05, 0.1) is 6.54 Å². The average Bonchev–Trinajstić information content (AvgIpc) is 2.98. The van der Waals surface area contributed by atoms with E-state index in [9.17, 15) is 4.79 Å². The Balaban J connectivity index is 1.91. The lowest BCUT2D eigenvalue weighted by molar-refractivity contribution is 0.201. The van der Waals surface area contributed by atoms with Crippen LogP contribution in [0.1, 0.15) is 10.4 Å². The Hall–Kier alpha value is -2.07. The Labute approximate surface area is 123 Å². The molecule has 104 valence electrons. The predicted molar refractivity (Wildman–Crippen MR) is 83.6 cm³/mol. The van der Waals surface area contributed by atoms with E-state index in [1.807, 2.05) is 47.8 Å². The zero-order valence-electron chi connectivity index (χ0n) is 11.3. The summed E-state index contributed by atoms with van der Waals surface area (Å²) >= 11 is 1.65. The summed E-state index contributed by atoms with van der Waals surface area (Å²) in [7, 11) is 0. The van der Waals surface area contributed by atoms with Crippen LogP contribution in [0.5, 0.6) is 0 Å². The van der Waals surface area contributed by atoms with Crippen LogP contribution in [-0.2, 0) is 13.1 Å². The molecule has 1 heterocycles. The number of amides is 2. The standard InChI is InChI=1S/C16H18N2OS/c1-2-10-18(13-15-9-6-11-20-15)16(19)17-12-14-7-4-3-5-8-14/h2-9,11H,1,10,12-13H2,(H,17,19). The maximum Gasteiger partial charge on any atom is 0.318 e. The molecule has 4 heteroatoms. The summed E-state index contributed by atoms with van der Waals surface area (Å²) in [6, 6.07) is 13.9. The molecular formula is C16H18N2OS. The molecule has 2 amide bonds. The molecular weight excluding hydrogens is 268 g/mol. The first-order valence-corrected chi connectivity index (χ1v) is 7.37. The molecule has 0 saturated carbocycles. The molecule has 1 aromatic carbocycles. The quantitative estimate of drug-likeness (QED) is 0.808. The molecule has 1 N–H and O–H groups in total. The second-order valence-corrected chi connectivity index (χ2v) is 5.43. The van der Waals surface area contributed by atoms with Crippen molar-refractivity contribution in [3.8, 4) is 0 Å². The van der Waals surface area contributed by atoms with Crippen molar-refractivity contribution in [1.29, 1.82) is 0 Å². The molecule has 0 spiro atoms. The maximum absolute atomic E-state index is 12.2. The minimum absolute atomic E-state index is 0.0675. The first-order valence-electron chi connectivity index (χ1n) is 6.49. The van der Waals surface area contributed by atoms with Crippen molar-refractivity contribution < 1.29 is 4.79 Å². The SMILES string of the molecule is C=CCN(Cc1cccs1)C(=O)NCc1ccccc1. The number of carbonyl (C=O) groups excluding carboxylic acids is 1. The zero-order valence-corrected chi connectivity index (χ0v) is 12.1. The van der Waals surface area contributed by atoms with E-state index in [1.54, 1.807) is 22.3 Å². The predicted octanol–water partition coefficient (Wildman–Crippen LogP) is 3.65.